The molecule has 1 saturated carbocycles. The van der Waals surface area contributed by atoms with Crippen LogP contribution in [0.1, 0.15) is 58.3 Å². The Morgan fingerprint density at radius 3 is 2.82 bits per heavy atom. The fourth-order valence-corrected chi connectivity index (χ4v) is 2.57. The molecule has 3 atom stereocenters. The van der Waals surface area contributed by atoms with Crippen LogP contribution in [0.25, 0.3) is 0 Å². The van der Waals surface area contributed by atoms with Crippen LogP contribution < -0.4 is 0 Å². The molecule has 0 radical (unpaired) electrons. The molecule has 0 saturated heterocycles. The van der Waals surface area contributed by atoms with Gasteiger partial charge in [-0.25, -0.2) is 0 Å². The van der Waals surface area contributed by atoms with Gasteiger partial charge in [-0.05, 0) is 25.2 Å². The van der Waals surface area contributed by atoms with E-state index in [1.807, 2.05) is 0 Å². The molecule has 0 aromatic heterocycles. The number of nitriles is 1. The molecular formula is C14H23NO2. The summed E-state index contributed by atoms with van der Waals surface area (Å²) >= 11 is 0. The predicted octanol–water partition coefficient (Wildman–Crippen LogP) is 2.83. The van der Waals surface area contributed by atoms with Crippen molar-refractivity contribution in [3.63, 3.8) is 0 Å². The molecule has 1 fully saturated rings. The largest absolute Gasteiger partial charge is 0.393 e. The molecule has 0 amide bonds. The first-order valence-electron chi connectivity index (χ1n) is 6.76. The number of nitrogens with zero attached hydrogens (tertiary/aromatic N) is 1. The summed E-state index contributed by atoms with van der Waals surface area (Å²) in [6, 6.07) is 2.22. The van der Waals surface area contributed by atoms with Gasteiger partial charge in [0.25, 0.3) is 0 Å². The maximum absolute atomic E-state index is 11.3. The first-order valence-corrected chi connectivity index (χ1v) is 6.76. The Balaban J connectivity index is 2.21. The molecule has 1 N–H and O–H groups in total. The number of carbonyl (C=O) groups excluding carboxylic acids is 1. The normalized spacial score (nSPS) is 25.8. The van der Waals surface area contributed by atoms with Gasteiger partial charge in [0.05, 0.1) is 18.1 Å². The number of hydrogen-bond donors (Lipinski definition) is 1. The van der Waals surface area contributed by atoms with Gasteiger partial charge in [-0.2, -0.15) is 5.26 Å². The number of carbonyl (C=O) groups is 1. The smallest absolute Gasteiger partial charge is 0.134 e. The van der Waals surface area contributed by atoms with E-state index in [1.165, 1.54) is 12.8 Å². The van der Waals surface area contributed by atoms with Gasteiger partial charge >= 0.3 is 0 Å². The molecule has 0 aliphatic heterocycles. The Kier molecular flexibility index (Phi) is 6.21. The highest BCUT2D eigenvalue weighted by atomic mass is 16.3. The summed E-state index contributed by atoms with van der Waals surface area (Å²) in [5.41, 5.74) is 0. The molecule has 17 heavy (non-hydrogen) atoms. The Morgan fingerprint density at radius 2 is 2.18 bits per heavy atom. The number of ketones is 1. The van der Waals surface area contributed by atoms with E-state index < -0.39 is 0 Å². The van der Waals surface area contributed by atoms with Gasteiger partial charge in [-0.1, -0.05) is 26.2 Å². The lowest BCUT2D eigenvalue weighted by atomic mass is 9.91. The van der Waals surface area contributed by atoms with E-state index in [9.17, 15) is 9.90 Å². The van der Waals surface area contributed by atoms with E-state index in [0.717, 1.165) is 25.7 Å². The Hall–Kier alpha value is -0.880. The fourth-order valence-electron chi connectivity index (χ4n) is 2.57. The van der Waals surface area contributed by atoms with E-state index in [-0.39, 0.29) is 23.7 Å². The standard InChI is InChI=1S/C14H23NO2/c1-2-3-4-5-13(16)7-6-11-8-14(17)9-12(11)10-15/h11-13,16H,2-9H2,1H3/t11?,12?,13-/m1/s1. The Morgan fingerprint density at radius 1 is 1.41 bits per heavy atom. The summed E-state index contributed by atoms with van der Waals surface area (Å²) in [4.78, 5) is 11.3. The highest BCUT2D eigenvalue weighted by molar-refractivity contribution is 5.81. The van der Waals surface area contributed by atoms with Gasteiger partial charge in [0, 0.05) is 12.8 Å². The minimum absolute atomic E-state index is 0.106. The monoisotopic (exact) mass is 237 g/mol. The highest BCUT2D eigenvalue weighted by Gasteiger charge is 2.32. The lowest BCUT2D eigenvalue weighted by Gasteiger charge is -2.15. The molecule has 0 aromatic rings. The third-order valence-electron chi connectivity index (χ3n) is 3.68. The van der Waals surface area contributed by atoms with Crippen molar-refractivity contribution in [2.75, 3.05) is 0 Å². The molecule has 0 spiro atoms. The highest BCUT2D eigenvalue weighted by Crippen LogP contribution is 2.32. The van der Waals surface area contributed by atoms with Crippen molar-refractivity contribution in [1.82, 2.24) is 0 Å². The first-order chi connectivity index (χ1) is 8.17. The molecule has 3 heteroatoms. The Labute approximate surface area is 104 Å². The summed E-state index contributed by atoms with van der Waals surface area (Å²) < 4.78 is 0. The third-order valence-corrected chi connectivity index (χ3v) is 3.68. The van der Waals surface area contributed by atoms with Gasteiger partial charge in [0.2, 0.25) is 0 Å². The van der Waals surface area contributed by atoms with Crippen LogP contribution in [-0.2, 0) is 4.79 Å². The fraction of sp³-hybridized carbons (Fsp3) is 0.857. The average molecular weight is 237 g/mol. The number of rotatable bonds is 7. The first kappa shape index (κ1) is 14.2. The van der Waals surface area contributed by atoms with E-state index in [4.69, 9.17) is 5.26 Å². The van der Waals surface area contributed by atoms with Crippen LogP contribution in [-0.4, -0.2) is 17.0 Å². The second-order valence-electron chi connectivity index (χ2n) is 5.17. The molecule has 0 bridgehead atoms. The zero-order chi connectivity index (χ0) is 12.7. The van der Waals surface area contributed by atoms with E-state index >= 15 is 0 Å². The van der Waals surface area contributed by atoms with Crippen molar-refractivity contribution in [1.29, 1.82) is 5.26 Å². The average Bonchev–Trinajstić information content (AvgIpc) is 2.67. The molecule has 0 heterocycles. The van der Waals surface area contributed by atoms with Crippen LogP contribution in [0.3, 0.4) is 0 Å². The summed E-state index contributed by atoms with van der Waals surface area (Å²) in [6.07, 6.45) is 6.52. The summed E-state index contributed by atoms with van der Waals surface area (Å²) in [5.74, 6) is 0.292. The van der Waals surface area contributed by atoms with Crippen molar-refractivity contribution in [2.24, 2.45) is 11.8 Å². The molecule has 1 rings (SSSR count). The molecule has 2 unspecified atom stereocenters. The van der Waals surface area contributed by atoms with Crippen LogP contribution in [0, 0.1) is 23.2 Å². The predicted molar refractivity (Wildman–Crippen MR) is 66.2 cm³/mol. The second kappa shape index (κ2) is 7.45. The van der Waals surface area contributed by atoms with Crippen molar-refractivity contribution in [3.05, 3.63) is 0 Å². The summed E-state index contributed by atoms with van der Waals surface area (Å²) in [7, 11) is 0. The van der Waals surface area contributed by atoms with Crippen LogP contribution in [0.4, 0.5) is 0 Å². The second-order valence-corrected chi connectivity index (χ2v) is 5.17. The SMILES string of the molecule is CCCCC[C@@H](O)CCC1CC(=O)CC1C#N. The van der Waals surface area contributed by atoms with Crippen LogP contribution in [0.15, 0.2) is 0 Å². The lowest BCUT2D eigenvalue weighted by Crippen LogP contribution is -2.12. The number of unbranched alkanes of at least 4 members (excludes halogenated alkanes) is 2. The minimum Gasteiger partial charge on any atom is -0.393 e. The van der Waals surface area contributed by atoms with Crippen molar-refractivity contribution in [3.8, 4) is 6.07 Å². The third kappa shape index (κ3) is 4.87. The molecular weight excluding hydrogens is 214 g/mol. The van der Waals surface area contributed by atoms with Gasteiger partial charge in [0.15, 0.2) is 0 Å². The quantitative estimate of drug-likeness (QED) is 0.692. The topological polar surface area (TPSA) is 61.1 Å². The number of Topliss-reactive ketones (excluding diaryl/α,β-unsaturated/α-hetero) is 1. The molecule has 1 aliphatic carbocycles. The summed E-state index contributed by atoms with van der Waals surface area (Å²) in [5, 5.41) is 18.7. The molecule has 3 nitrogen and oxygen atoms in total. The minimum atomic E-state index is -0.253. The number of hydrogen-bond acceptors (Lipinski definition) is 3. The van der Waals surface area contributed by atoms with Crippen molar-refractivity contribution in [2.45, 2.75) is 64.4 Å². The molecule has 1 aliphatic rings. The summed E-state index contributed by atoms with van der Waals surface area (Å²) in [6.45, 7) is 2.15. The van der Waals surface area contributed by atoms with Crippen molar-refractivity contribution >= 4 is 5.78 Å². The molecule has 0 aromatic carbocycles. The van der Waals surface area contributed by atoms with Gasteiger partial charge in [-0.3, -0.25) is 4.79 Å². The van der Waals surface area contributed by atoms with Gasteiger partial charge < -0.3 is 5.11 Å². The maximum Gasteiger partial charge on any atom is 0.134 e. The molecule has 96 valence electrons. The van der Waals surface area contributed by atoms with Crippen LogP contribution in [0.2, 0.25) is 0 Å². The lowest BCUT2D eigenvalue weighted by molar-refractivity contribution is -0.117. The zero-order valence-electron chi connectivity index (χ0n) is 10.7. The van der Waals surface area contributed by atoms with E-state index in [0.29, 0.717) is 12.8 Å². The maximum atomic E-state index is 11.3. The van der Waals surface area contributed by atoms with Crippen LogP contribution in [0.5, 0.6) is 0 Å². The van der Waals surface area contributed by atoms with Gasteiger partial charge in [0.1, 0.15) is 5.78 Å². The number of aliphatic hydroxyl groups is 1. The van der Waals surface area contributed by atoms with E-state index in [1.54, 1.807) is 0 Å². The Bertz CT molecular complexity index is 282. The van der Waals surface area contributed by atoms with Crippen molar-refractivity contribution < 1.29 is 9.90 Å². The number of aliphatic hydroxyl groups excluding tert-OH is 1. The zero-order valence-corrected chi connectivity index (χ0v) is 10.7. The van der Waals surface area contributed by atoms with E-state index in [2.05, 4.69) is 13.0 Å². The van der Waals surface area contributed by atoms with Crippen LogP contribution >= 0.6 is 0 Å². The van der Waals surface area contributed by atoms with Gasteiger partial charge in [-0.15, -0.1) is 0 Å².